The van der Waals surface area contributed by atoms with Gasteiger partial charge in [0.1, 0.15) is 0 Å². The molecular formula is C10H10N4O3. The Morgan fingerprint density at radius 3 is 3.00 bits per heavy atom. The summed E-state index contributed by atoms with van der Waals surface area (Å²) in [4.78, 5) is 14.4. The lowest BCUT2D eigenvalue weighted by Gasteiger charge is -1.95. The van der Waals surface area contributed by atoms with Gasteiger partial charge in [-0.05, 0) is 12.5 Å². The normalized spacial score (nSPS) is 22.6. The second-order valence-corrected chi connectivity index (χ2v) is 4.05. The van der Waals surface area contributed by atoms with Crippen molar-refractivity contribution in [3.8, 4) is 0 Å². The number of fused-ring (bicyclic) bond motifs is 1. The maximum atomic E-state index is 10.8. The van der Waals surface area contributed by atoms with Crippen molar-refractivity contribution < 1.29 is 9.34 Å². The number of non-ortho nitro benzene ring substituents is 1. The molecule has 1 fully saturated rings. The fourth-order valence-corrected chi connectivity index (χ4v) is 1.68. The fraction of sp³-hybridized carbons (Fsp3) is 0.300. The summed E-state index contributed by atoms with van der Waals surface area (Å²) in [5.74, 6) is 0. The first kappa shape index (κ1) is 10.0. The molecular weight excluding hydrogens is 224 g/mol. The summed E-state index contributed by atoms with van der Waals surface area (Å²) in [5, 5.41) is 13.8. The number of benzene rings is 1. The fourth-order valence-electron chi connectivity index (χ4n) is 1.68. The molecule has 2 atom stereocenters. The van der Waals surface area contributed by atoms with Gasteiger partial charge in [0.05, 0.1) is 4.92 Å². The first-order chi connectivity index (χ1) is 8.15. The van der Waals surface area contributed by atoms with E-state index in [0.29, 0.717) is 5.58 Å². The lowest BCUT2D eigenvalue weighted by atomic mass is 10.3. The third-order valence-electron chi connectivity index (χ3n) is 2.74. The van der Waals surface area contributed by atoms with Crippen LogP contribution < -0.4 is 11.1 Å². The summed E-state index contributed by atoms with van der Waals surface area (Å²) in [6, 6.07) is 5.16. The van der Waals surface area contributed by atoms with Gasteiger partial charge in [-0.2, -0.15) is 4.98 Å². The highest BCUT2D eigenvalue weighted by atomic mass is 16.6. The smallest absolute Gasteiger partial charge is 0.298 e. The molecule has 2 aromatic rings. The second-order valence-electron chi connectivity index (χ2n) is 4.05. The van der Waals surface area contributed by atoms with E-state index in [1.807, 2.05) is 0 Å². The van der Waals surface area contributed by atoms with Gasteiger partial charge < -0.3 is 15.5 Å². The molecule has 0 saturated heterocycles. The summed E-state index contributed by atoms with van der Waals surface area (Å²) in [7, 11) is 0. The molecule has 0 aliphatic heterocycles. The van der Waals surface area contributed by atoms with Gasteiger partial charge in [0.2, 0.25) is 0 Å². The van der Waals surface area contributed by atoms with Crippen LogP contribution in [-0.2, 0) is 0 Å². The number of nitrogens with zero attached hydrogens (tertiary/aromatic N) is 2. The number of oxazole rings is 1. The molecule has 1 aliphatic rings. The molecule has 1 aromatic carbocycles. The monoisotopic (exact) mass is 234 g/mol. The number of nitrogens with two attached hydrogens (primary N) is 1. The number of hydrogen-bond acceptors (Lipinski definition) is 6. The molecule has 2 unspecified atom stereocenters. The van der Waals surface area contributed by atoms with Crippen LogP contribution in [0.4, 0.5) is 11.7 Å². The zero-order valence-electron chi connectivity index (χ0n) is 8.79. The lowest BCUT2D eigenvalue weighted by Crippen LogP contribution is -2.13. The van der Waals surface area contributed by atoms with E-state index in [0.717, 1.165) is 6.42 Å². The molecule has 0 amide bonds. The molecule has 1 aliphatic carbocycles. The predicted octanol–water partition coefficient (Wildman–Crippen LogP) is 1.25. The largest absolute Gasteiger partial charge is 0.423 e. The Balaban J connectivity index is 2.00. The van der Waals surface area contributed by atoms with Crippen LogP contribution >= 0.6 is 0 Å². The quantitative estimate of drug-likeness (QED) is 0.611. The number of para-hydroxylation sites is 1. The first-order valence-corrected chi connectivity index (χ1v) is 5.21. The minimum Gasteiger partial charge on any atom is -0.423 e. The Labute approximate surface area is 95.8 Å². The molecule has 1 saturated carbocycles. The molecule has 7 nitrogen and oxygen atoms in total. The van der Waals surface area contributed by atoms with Crippen LogP contribution in [0.15, 0.2) is 22.6 Å². The number of rotatable bonds is 3. The standard InChI is InChI=1S/C10H10N4O3/c11-5-4-6(5)12-10-13-9-7(14(15)16)2-1-3-8(9)17-10/h1-3,5-6H,4,11H2,(H,12,13). The Morgan fingerprint density at radius 1 is 1.59 bits per heavy atom. The van der Waals surface area contributed by atoms with Crippen molar-refractivity contribution in [2.45, 2.75) is 18.5 Å². The molecule has 0 bridgehead atoms. The van der Waals surface area contributed by atoms with Crippen molar-refractivity contribution >= 4 is 22.8 Å². The van der Waals surface area contributed by atoms with Crippen LogP contribution in [0.5, 0.6) is 0 Å². The molecule has 1 aromatic heterocycles. The van der Waals surface area contributed by atoms with Gasteiger partial charge in [0.25, 0.3) is 11.7 Å². The maximum Gasteiger partial charge on any atom is 0.298 e. The zero-order valence-corrected chi connectivity index (χ0v) is 8.79. The maximum absolute atomic E-state index is 10.8. The average molecular weight is 234 g/mol. The molecule has 3 N–H and O–H groups in total. The minimum atomic E-state index is -0.475. The van der Waals surface area contributed by atoms with Crippen LogP contribution in [0.1, 0.15) is 6.42 Å². The summed E-state index contributed by atoms with van der Waals surface area (Å²) in [5.41, 5.74) is 6.25. The Hall–Kier alpha value is -2.15. The van der Waals surface area contributed by atoms with Gasteiger partial charge in [-0.25, -0.2) is 0 Å². The van der Waals surface area contributed by atoms with Crippen molar-refractivity contribution in [2.75, 3.05) is 5.32 Å². The molecule has 3 rings (SSSR count). The highest BCUT2D eigenvalue weighted by Crippen LogP contribution is 2.30. The van der Waals surface area contributed by atoms with Crippen molar-refractivity contribution in [3.05, 3.63) is 28.3 Å². The van der Waals surface area contributed by atoms with Crippen LogP contribution in [0.2, 0.25) is 0 Å². The van der Waals surface area contributed by atoms with E-state index in [1.54, 1.807) is 12.1 Å². The number of nitrogens with one attached hydrogen (secondary N) is 1. The first-order valence-electron chi connectivity index (χ1n) is 5.21. The van der Waals surface area contributed by atoms with Crippen LogP contribution in [0, 0.1) is 10.1 Å². The van der Waals surface area contributed by atoms with Gasteiger partial charge in [0.15, 0.2) is 11.1 Å². The van der Waals surface area contributed by atoms with Crippen LogP contribution in [-0.4, -0.2) is 22.0 Å². The number of anilines is 1. The number of hydrogen-bond donors (Lipinski definition) is 2. The number of aromatic nitrogens is 1. The zero-order chi connectivity index (χ0) is 12.0. The highest BCUT2D eigenvalue weighted by Gasteiger charge is 2.34. The molecule has 88 valence electrons. The summed E-state index contributed by atoms with van der Waals surface area (Å²) in [6.07, 6.45) is 0.862. The Bertz CT molecular complexity index is 594. The summed E-state index contributed by atoms with van der Waals surface area (Å²) >= 11 is 0. The lowest BCUT2D eigenvalue weighted by molar-refractivity contribution is -0.383. The average Bonchev–Trinajstić information content (AvgIpc) is 2.82. The van der Waals surface area contributed by atoms with Gasteiger partial charge >= 0.3 is 0 Å². The highest BCUT2D eigenvalue weighted by molar-refractivity contribution is 5.84. The van der Waals surface area contributed by atoms with E-state index < -0.39 is 4.92 Å². The minimum absolute atomic E-state index is 0.0561. The topological polar surface area (TPSA) is 107 Å². The molecule has 17 heavy (non-hydrogen) atoms. The van der Waals surface area contributed by atoms with E-state index in [4.69, 9.17) is 10.2 Å². The molecule has 7 heteroatoms. The molecule has 0 radical (unpaired) electrons. The third-order valence-corrected chi connectivity index (χ3v) is 2.74. The van der Waals surface area contributed by atoms with Gasteiger partial charge in [0, 0.05) is 18.2 Å². The Kier molecular flexibility index (Phi) is 2.02. The summed E-state index contributed by atoms with van der Waals surface area (Å²) < 4.78 is 5.38. The van der Waals surface area contributed by atoms with E-state index in [1.165, 1.54) is 6.07 Å². The van der Waals surface area contributed by atoms with Gasteiger partial charge in [-0.15, -0.1) is 0 Å². The van der Waals surface area contributed by atoms with Crippen LogP contribution in [0.25, 0.3) is 11.1 Å². The van der Waals surface area contributed by atoms with E-state index in [9.17, 15) is 10.1 Å². The third kappa shape index (κ3) is 1.70. The summed E-state index contributed by atoms with van der Waals surface area (Å²) in [6.45, 7) is 0. The SMILES string of the molecule is NC1CC1Nc1nc2c([N+](=O)[O-])cccc2o1. The van der Waals surface area contributed by atoms with Crippen molar-refractivity contribution in [1.82, 2.24) is 4.98 Å². The predicted molar refractivity (Wildman–Crippen MR) is 60.7 cm³/mol. The van der Waals surface area contributed by atoms with E-state index in [2.05, 4.69) is 10.3 Å². The van der Waals surface area contributed by atoms with E-state index >= 15 is 0 Å². The second kappa shape index (κ2) is 3.42. The van der Waals surface area contributed by atoms with Gasteiger partial charge in [-0.3, -0.25) is 10.1 Å². The number of nitro benzene ring substituents is 1. The molecule has 1 heterocycles. The van der Waals surface area contributed by atoms with Crippen molar-refractivity contribution in [1.29, 1.82) is 0 Å². The molecule has 0 spiro atoms. The van der Waals surface area contributed by atoms with Crippen molar-refractivity contribution in [2.24, 2.45) is 5.73 Å². The Morgan fingerprint density at radius 2 is 2.35 bits per heavy atom. The van der Waals surface area contributed by atoms with E-state index in [-0.39, 0.29) is 29.3 Å². The van der Waals surface area contributed by atoms with Gasteiger partial charge in [-0.1, -0.05) is 6.07 Å². The number of nitro groups is 1. The van der Waals surface area contributed by atoms with Crippen LogP contribution in [0.3, 0.4) is 0 Å². The van der Waals surface area contributed by atoms with Crippen molar-refractivity contribution in [3.63, 3.8) is 0 Å².